The molecule has 0 atom stereocenters. The summed E-state index contributed by atoms with van der Waals surface area (Å²) in [5.74, 6) is -0.330. The van der Waals surface area contributed by atoms with Gasteiger partial charge in [-0.15, -0.1) is 0 Å². The van der Waals surface area contributed by atoms with Gasteiger partial charge in [-0.3, -0.25) is 4.79 Å². The summed E-state index contributed by atoms with van der Waals surface area (Å²) in [6.07, 6.45) is 17.3. The highest BCUT2D eigenvalue weighted by Crippen LogP contribution is 2.09. The van der Waals surface area contributed by atoms with Crippen LogP contribution in [0.3, 0.4) is 0 Å². The molecule has 0 aliphatic heterocycles. The molecule has 0 fully saturated rings. The molecule has 0 aromatic heterocycles. The van der Waals surface area contributed by atoms with Crippen LogP contribution in [-0.4, -0.2) is 35.5 Å². The Kier molecular flexibility index (Phi) is 16.8. The van der Waals surface area contributed by atoms with Crippen molar-refractivity contribution in [3.05, 3.63) is 12.2 Å². The molecule has 0 saturated carbocycles. The molecule has 0 heterocycles. The number of allylic oxidation sites excluding steroid dienone is 2. The molecular weight excluding hydrogens is 292 g/mol. The van der Waals surface area contributed by atoms with Gasteiger partial charge in [-0.25, -0.2) is 0 Å². The fraction of sp³-hybridized carbons (Fsp3) is 0.842. The summed E-state index contributed by atoms with van der Waals surface area (Å²) in [7, 11) is 0. The molecule has 4 nitrogen and oxygen atoms in total. The lowest BCUT2D eigenvalue weighted by Crippen LogP contribution is -2.25. The maximum atomic E-state index is 11.4. The van der Waals surface area contributed by atoms with Gasteiger partial charge >= 0.3 is 5.97 Å². The molecule has 0 rings (SSSR count). The third-order valence-electron chi connectivity index (χ3n) is 3.85. The first-order valence-electron chi connectivity index (χ1n) is 9.30. The minimum Gasteiger partial charge on any atom is -0.457 e. The number of aliphatic hydroxyl groups is 2. The zero-order valence-electron chi connectivity index (χ0n) is 14.8. The number of aliphatic hydroxyl groups excluding tert-OH is 2. The second-order valence-corrected chi connectivity index (χ2v) is 6.10. The van der Waals surface area contributed by atoms with Gasteiger partial charge in [0, 0.05) is 6.42 Å². The van der Waals surface area contributed by atoms with Crippen LogP contribution in [0.15, 0.2) is 12.2 Å². The standard InChI is InChI=1S/C19H36O4/c1-2-3-4-5-6-7-8-9-10-11-12-13-14-15-19(22)23-18(16-20)17-21/h7-8,18,20-21H,2-6,9-17H2,1H3/b8-7+. The van der Waals surface area contributed by atoms with Gasteiger partial charge in [0.15, 0.2) is 0 Å². The summed E-state index contributed by atoms with van der Waals surface area (Å²) in [5.41, 5.74) is 0. The first kappa shape index (κ1) is 22.1. The van der Waals surface area contributed by atoms with Gasteiger partial charge < -0.3 is 14.9 Å². The number of hydrogen-bond donors (Lipinski definition) is 2. The molecule has 0 amide bonds. The summed E-state index contributed by atoms with van der Waals surface area (Å²) in [5, 5.41) is 17.6. The van der Waals surface area contributed by atoms with Gasteiger partial charge in [-0.05, 0) is 32.1 Å². The van der Waals surface area contributed by atoms with Crippen molar-refractivity contribution in [2.24, 2.45) is 0 Å². The lowest BCUT2D eigenvalue weighted by molar-refractivity contribution is -0.153. The van der Waals surface area contributed by atoms with Crippen LogP contribution in [0.1, 0.15) is 84.0 Å². The highest BCUT2D eigenvalue weighted by molar-refractivity contribution is 5.69. The van der Waals surface area contributed by atoms with Crippen LogP contribution in [-0.2, 0) is 9.53 Å². The van der Waals surface area contributed by atoms with Crippen LogP contribution in [0.2, 0.25) is 0 Å². The Morgan fingerprint density at radius 3 is 1.96 bits per heavy atom. The Morgan fingerprint density at radius 1 is 0.870 bits per heavy atom. The second kappa shape index (κ2) is 17.5. The van der Waals surface area contributed by atoms with Crippen LogP contribution in [0.25, 0.3) is 0 Å². The van der Waals surface area contributed by atoms with E-state index in [0.29, 0.717) is 6.42 Å². The molecule has 2 N–H and O–H groups in total. The highest BCUT2D eigenvalue weighted by atomic mass is 16.6. The van der Waals surface area contributed by atoms with Gasteiger partial charge in [0.1, 0.15) is 6.10 Å². The molecule has 0 bridgehead atoms. The Balaban J connectivity index is 3.30. The van der Waals surface area contributed by atoms with E-state index < -0.39 is 6.10 Å². The summed E-state index contributed by atoms with van der Waals surface area (Å²) in [4.78, 5) is 11.4. The maximum Gasteiger partial charge on any atom is 0.306 e. The second-order valence-electron chi connectivity index (χ2n) is 6.10. The van der Waals surface area contributed by atoms with Gasteiger partial charge in [0.05, 0.1) is 13.2 Å². The number of unbranched alkanes of at least 4 members (excludes halogenated alkanes) is 9. The van der Waals surface area contributed by atoms with E-state index in [-0.39, 0.29) is 19.2 Å². The fourth-order valence-electron chi connectivity index (χ4n) is 2.36. The summed E-state index contributed by atoms with van der Waals surface area (Å²) >= 11 is 0. The van der Waals surface area contributed by atoms with E-state index in [9.17, 15) is 4.79 Å². The van der Waals surface area contributed by atoms with E-state index in [1.807, 2.05) is 0 Å². The number of carbonyl (C=O) groups excluding carboxylic acids is 1. The topological polar surface area (TPSA) is 66.8 Å². The van der Waals surface area contributed by atoms with Crippen molar-refractivity contribution >= 4 is 5.97 Å². The average Bonchev–Trinajstić information content (AvgIpc) is 2.56. The fourth-order valence-corrected chi connectivity index (χ4v) is 2.36. The first-order valence-corrected chi connectivity index (χ1v) is 9.30. The zero-order chi connectivity index (χ0) is 17.2. The van der Waals surface area contributed by atoms with Gasteiger partial charge in [-0.2, -0.15) is 0 Å². The summed E-state index contributed by atoms with van der Waals surface area (Å²) in [6.45, 7) is 1.59. The van der Waals surface area contributed by atoms with Crippen molar-refractivity contribution < 1.29 is 19.7 Å². The van der Waals surface area contributed by atoms with Crippen molar-refractivity contribution in [2.75, 3.05) is 13.2 Å². The summed E-state index contributed by atoms with van der Waals surface area (Å²) in [6, 6.07) is 0. The van der Waals surface area contributed by atoms with E-state index in [4.69, 9.17) is 14.9 Å². The predicted octanol–water partition coefficient (Wildman–Crippen LogP) is 4.14. The molecule has 0 spiro atoms. The van der Waals surface area contributed by atoms with Crippen molar-refractivity contribution in [2.45, 2.75) is 90.1 Å². The molecule has 136 valence electrons. The molecule has 23 heavy (non-hydrogen) atoms. The van der Waals surface area contributed by atoms with E-state index in [1.165, 1.54) is 44.9 Å². The van der Waals surface area contributed by atoms with Crippen molar-refractivity contribution in [1.82, 2.24) is 0 Å². The zero-order valence-corrected chi connectivity index (χ0v) is 14.8. The normalized spacial score (nSPS) is 11.5. The van der Waals surface area contributed by atoms with Crippen LogP contribution in [0, 0.1) is 0 Å². The van der Waals surface area contributed by atoms with E-state index in [1.54, 1.807) is 0 Å². The largest absolute Gasteiger partial charge is 0.457 e. The van der Waals surface area contributed by atoms with Crippen LogP contribution >= 0.6 is 0 Å². The Bertz CT molecular complexity index is 285. The average molecular weight is 328 g/mol. The third-order valence-corrected chi connectivity index (χ3v) is 3.85. The van der Waals surface area contributed by atoms with Crippen molar-refractivity contribution in [3.63, 3.8) is 0 Å². The van der Waals surface area contributed by atoms with Gasteiger partial charge in [0.25, 0.3) is 0 Å². The number of esters is 1. The SMILES string of the molecule is CCCCCC/C=C/CCCCCCCC(=O)OC(CO)CO. The molecule has 4 heteroatoms. The lowest BCUT2D eigenvalue weighted by atomic mass is 10.1. The predicted molar refractivity (Wildman–Crippen MR) is 94.3 cm³/mol. The quantitative estimate of drug-likeness (QED) is 0.254. The monoisotopic (exact) mass is 328 g/mol. The number of rotatable bonds is 16. The molecule has 0 aromatic rings. The Hall–Kier alpha value is -0.870. The third kappa shape index (κ3) is 15.8. The molecule has 0 saturated heterocycles. The van der Waals surface area contributed by atoms with Crippen molar-refractivity contribution in [3.8, 4) is 0 Å². The summed E-state index contributed by atoms with van der Waals surface area (Å²) < 4.78 is 4.91. The molecule has 0 aliphatic rings. The van der Waals surface area contributed by atoms with Crippen LogP contribution in [0.5, 0.6) is 0 Å². The Labute approximate surface area is 141 Å². The first-order chi connectivity index (χ1) is 11.2. The molecular formula is C19H36O4. The van der Waals surface area contributed by atoms with Gasteiger partial charge in [0.2, 0.25) is 0 Å². The number of carbonyl (C=O) groups is 1. The highest BCUT2D eigenvalue weighted by Gasteiger charge is 2.11. The molecule has 0 aromatic carbocycles. The smallest absolute Gasteiger partial charge is 0.306 e. The van der Waals surface area contributed by atoms with E-state index in [2.05, 4.69) is 19.1 Å². The van der Waals surface area contributed by atoms with Crippen molar-refractivity contribution in [1.29, 1.82) is 0 Å². The van der Waals surface area contributed by atoms with E-state index >= 15 is 0 Å². The van der Waals surface area contributed by atoms with Gasteiger partial charge in [-0.1, -0.05) is 57.6 Å². The minimum absolute atomic E-state index is 0.325. The van der Waals surface area contributed by atoms with E-state index in [0.717, 1.165) is 25.7 Å². The Morgan fingerprint density at radius 2 is 1.39 bits per heavy atom. The molecule has 0 aliphatic carbocycles. The minimum atomic E-state index is -0.767. The molecule has 0 unspecified atom stereocenters. The number of hydrogen-bond acceptors (Lipinski definition) is 4. The number of ether oxygens (including phenoxy) is 1. The lowest BCUT2D eigenvalue weighted by Gasteiger charge is -2.12. The molecule has 0 radical (unpaired) electrons. The maximum absolute atomic E-state index is 11.4. The van der Waals surface area contributed by atoms with Crippen LogP contribution in [0.4, 0.5) is 0 Å². The van der Waals surface area contributed by atoms with Crippen LogP contribution < -0.4 is 0 Å².